The minimum atomic E-state index is 0.0964. The Bertz CT molecular complexity index is 673. The van der Waals surface area contributed by atoms with Crippen LogP contribution in [0.25, 0.3) is 5.65 Å². The second-order valence-electron chi connectivity index (χ2n) is 4.01. The summed E-state index contributed by atoms with van der Waals surface area (Å²) in [6, 6.07) is 0.0964. The normalized spacial score (nSPS) is 12.8. The first-order valence-corrected chi connectivity index (χ1v) is 6.39. The maximum Gasteiger partial charge on any atom is 0.203 e. The van der Waals surface area contributed by atoms with E-state index in [2.05, 4.69) is 32.4 Å². The van der Waals surface area contributed by atoms with Crippen LogP contribution in [-0.4, -0.2) is 24.6 Å². The monoisotopic (exact) mass is 260 g/mol. The van der Waals surface area contributed by atoms with Gasteiger partial charge >= 0.3 is 0 Å². The van der Waals surface area contributed by atoms with Crippen molar-refractivity contribution in [3.8, 4) is 0 Å². The number of hydrogen-bond donors (Lipinski definition) is 1. The highest BCUT2D eigenvalue weighted by Crippen LogP contribution is 2.23. The van der Waals surface area contributed by atoms with Crippen molar-refractivity contribution in [2.24, 2.45) is 0 Å². The number of rotatable bonds is 3. The largest absolute Gasteiger partial charge is 0.358 e. The fourth-order valence-corrected chi connectivity index (χ4v) is 2.48. The SMILES string of the molecule is Cc1cnc(C(C)Nc2nccn3cnnc23)s1. The number of hydrogen-bond acceptors (Lipinski definition) is 6. The maximum atomic E-state index is 4.36. The molecule has 6 nitrogen and oxygen atoms in total. The zero-order valence-corrected chi connectivity index (χ0v) is 10.8. The minimum Gasteiger partial charge on any atom is -0.358 e. The first-order valence-electron chi connectivity index (χ1n) is 5.57. The molecule has 0 fully saturated rings. The first-order chi connectivity index (χ1) is 8.74. The smallest absolute Gasteiger partial charge is 0.203 e. The van der Waals surface area contributed by atoms with Gasteiger partial charge in [0.2, 0.25) is 5.65 Å². The Morgan fingerprint density at radius 3 is 3.06 bits per heavy atom. The molecule has 1 N–H and O–H groups in total. The Hall–Kier alpha value is -2.02. The van der Waals surface area contributed by atoms with Crippen molar-refractivity contribution in [1.82, 2.24) is 24.6 Å². The second kappa shape index (κ2) is 4.34. The molecule has 0 aliphatic carbocycles. The van der Waals surface area contributed by atoms with E-state index < -0.39 is 0 Å². The Morgan fingerprint density at radius 2 is 2.28 bits per heavy atom. The number of nitrogens with one attached hydrogen (secondary N) is 1. The van der Waals surface area contributed by atoms with Crippen molar-refractivity contribution in [3.05, 3.63) is 34.8 Å². The van der Waals surface area contributed by atoms with Crippen LogP contribution in [0.5, 0.6) is 0 Å². The highest BCUT2D eigenvalue weighted by Gasteiger charge is 2.12. The summed E-state index contributed by atoms with van der Waals surface area (Å²) in [5.41, 5.74) is 0.720. The van der Waals surface area contributed by atoms with Gasteiger partial charge in [0.05, 0.1) is 6.04 Å². The Morgan fingerprint density at radius 1 is 1.39 bits per heavy atom. The Kier molecular flexibility index (Phi) is 2.67. The molecule has 0 aliphatic rings. The van der Waals surface area contributed by atoms with E-state index in [1.807, 2.05) is 23.7 Å². The van der Waals surface area contributed by atoms with Gasteiger partial charge in [-0.05, 0) is 13.8 Å². The molecule has 18 heavy (non-hydrogen) atoms. The molecular weight excluding hydrogens is 248 g/mol. The van der Waals surface area contributed by atoms with E-state index >= 15 is 0 Å². The third-order valence-corrected chi connectivity index (χ3v) is 3.67. The minimum absolute atomic E-state index is 0.0964. The number of anilines is 1. The van der Waals surface area contributed by atoms with Crippen LogP contribution in [0, 0.1) is 6.92 Å². The van der Waals surface area contributed by atoms with E-state index in [1.165, 1.54) is 4.88 Å². The summed E-state index contributed by atoms with van der Waals surface area (Å²) < 4.78 is 1.83. The molecule has 0 spiro atoms. The van der Waals surface area contributed by atoms with E-state index in [0.29, 0.717) is 0 Å². The lowest BCUT2D eigenvalue weighted by Crippen LogP contribution is -2.08. The number of aromatic nitrogens is 5. The average molecular weight is 260 g/mol. The lowest BCUT2D eigenvalue weighted by molar-refractivity contribution is 0.858. The summed E-state index contributed by atoms with van der Waals surface area (Å²) in [5.74, 6) is 0.718. The molecule has 0 bridgehead atoms. The van der Waals surface area contributed by atoms with Crippen LogP contribution in [0.2, 0.25) is 0 Å². The van der Waals surface area contributed by atoms with Crippen molar-refractivity contribution in [1.29, 1.82) is 0 Å². The van der Waals surface area contributed by atoms with Gasteiger partial charge in [-0.2, -0.15) is 0 Å². The summed E-state index contributed by atoms with van der Waals surface area (Å²) in [5, 5.41) is 12.3. The van der Waals surface area contributed by atoms with E-state index in [-0.39, 0.29) is 6.04 Å². The third-order valence-electron chi connectivity index (χ3n) is 2.58. The first kappa shape index (κ1) is 11.1. The number of nitrogens with zero attached hydrogens (tertiary/aromatic N) is 5. The lowest BCUT2D eigenvalue weighted by Gasteiger charge is -2.11. The molecule has 0 saturated carbocycles. The molecule has 7 heteroatoms. The Balaban J connectivity index is 1.90. The predicted octanol–water partition coefficient (Wildman–Crippen LogP) is 2.06. The highest BCUT2D eigenvalue weighted by atomic mass is 32.1. The van der Waals surface area contributed by atoms with Gasteiger partial charge in [-0.15, -0.1) is 21.5 Å². The molecule has 3 rings (SSSR count). The topological polar surface area (TPSA) is 68.0 Å². The highest BCUT2D eigenvalue weighted by molar-refractivity contribution is 7.11. The zero-order valence-electron chi connectivity index (χ0n) is 10.0. The van der Waals surface area contributed by atoms with Crippen LogP contribution in [0.3, 0.4) is 0 Å². The van der Waals surface area contributed by atoms with Crippen LogP contribution in [0.15, 0.2) is 24.9 Å². The fourth-order valence-electron chi connectivity index (χ4n) is 1.70. The molecule has 0 amide bonds. The summed E-state index contributed by atoms with van der Waals surface area (Å²) in [6.45, 7) is 4.10. The molecule has 0 radical (unpaired) electrons. The standard InChI is InChI=1S/C11H12N6S/c1-7-5-13-11(18-7)8(2)15-9-10-16-14-6-17(10)4-3-12-9/h3-6,8H,1-2H3,(H,12,15). The summed E-state index contributed by atoms with van der Waals surface area (Å²) >= 11 is 1.68. The van der Waals surface area contributed by atoms with Crippen LogP contribution in [0.1, 0.15) is 22.9 Å². The zero-order chi connectivity index (χ0) is 12.5. The molecule has 3 aromatic rings. The molecule has 1 atom stereocenters. The van der Waals surface area contributed by atoms with Gasteiger partial charge in [-0.1, -0.05) is 0 Å². The van der Waals surface area contributed by atoms with Crippen molar-refractivity contribution < 1.29 is 0 Å². The molecule has 3 aromatic heterocycles. The van der Waals surface area contributed by atoms with Gasteiger partial charge < -0.3 is 5.32 Å². The predicted molar refractivity (Wildman–Crippen MR) is 69.7 cm³/mol. The third kappa shape index (κ3) is 1.92. The van der Waals surface area contributed by atoms with Gasteiger partial charge in [0.15, 0.2) is 5.82 Å². The van der Waals surface area contributed by atoms with E-state index in [9.17, 15) is 0 Å². The van der Waals surface area contributed by atoms with E-state index in [1.54, 1.807) is 23.9 Å². The van der Waals surface area contributed by atoms with E-state index in [4.69, 9.17) is 0 Å². The molecule has 0 saturated heterocycles. The molecule has 3 heterocycles. The van der Waals surface area contributed by atoms with Crippen molar-refractivity contribution in [3.63, 3.8) is 0 Å². The summed E-state index contributed by atoms with van der Waals surface area (Å²) in [4.78, 5) is 9.86. The molecule has 92 valence electrons. The summed E-state index contributed by atoms with van der Waals surface area (Å²) in [7, 11) is 0. The summed E-state index contributed by atoms with van der Waals surface area (Å²) in [6.07, 6.45) is 7.07. The van der Waals surface area contributed by atoms with Crippen LogP contribution in [0.4, 0.5) is 5.82 Å². The van der Waals surface area contributed by atoms with Crippen molar-refractivity contribution >= 4 is 22.8 Å². The van der Waals surface area contributed by atoms with Crippen LogP contribution >= 0.6 is 11.3 Å². The van der Waals surface area contributed by atoms with Gasteiger partial charge in [0.25, 0.3) is 0 Å². The number of aryl methyl sites for hydroxylation is 1. The van der Waals surface area contributed by atoms with Gasteiger partial charge in [-0.25, -0.2) is 9.97 Å². The van der Waals surface area contributed by atoms with Crippen molar-refractivity contribution in [2.75, 3.05) is 5.32 Å². The van der Waals surface area contributed by atoms with Crippen LogP contribution in [-0.2, 0) is 0 Å². The van der Waals surface area contributed by atoms with Gasteiger partial charge in [-0.3, -0.25) is 4.40 Å². The fraction of sp³-hybridized carbons (Fsp3) is 0.273. The molecule has 0 aromatic carbocycles. The Labute approximate surface area is 108 Å². The van der Waals surface area contributed by atoms with E-state index in [0.717, 1.165) is 16.5 Å². The lowest BCUT2D eigenvalue weighted by atomic mass is 10.3. The number of fused-ring (bicyclic) bond motifs is 1. The molecular formula is C11H12N6S. The average Bonchev–Trinajstić information content (AvgIpc) is 2.97. The molecule has 1 unspecified atom stereocenters. The molecule has 0 aliphatic heterocycles. The van der Waals surface area contributed by atoms with Crippen LogP contribution < -0.4 is 5.32 Å². The van der Waals surface area contributed by atoms with Crippen molar-refractivity contribution in [2.45, 2.75) is 19.9 Å². The second-order valence-corrected chi connectivity index (χ2v) is 5.28. The number of thiazole rings is 1. The quantitative estimate of drug-likeness (QED) is 0.780. The van der Waals surface area contributed by atoms with Gasteiger partial charge in [0, 0.05) is 23.5 Å². The maximum absolute atomic E-state index is 4.36. The van der Waals surface area contributed by atoms with Gasteiger partial charge in [0.1, 0.15) is 11.3 Å².